The Hall–Kier alpha value is -10.1. The average Bonchev–Trinajstić information content (AvgIpc) is 1.33. The highest BCUT2D eigenvalue weighted by molar-refractivity contribution is 6.88. The van der Waals surface area contributed by atoms with Crippen LogP contribution in [0, 0.1) is 33.8 Å². The first-order valence-electron chi connectivity index (χ1n) is 37.5. The van der Waals surface area contributed by atoms with Gasteiger partial charge in [0.25, 0.3) is 0 Å². The lowest BCUT2D eigenvalue weighted by molar-refractivity contribution is -0.167. The maximum Gasteiger partial charge on any atom is 0.326 e. The lowest BCUT2D eigenvalue weighted by atomic mass is 9.65. The van der Waals surface area contributed by atoms with Crippen molar-refractivity contribution in [1.29, 1.82) is 0 Å². The number of hydrogen-bond donors (Lipinski definition) is 0. The summed E-state index contributed by atoms with van der Waals surface area (Å²) in [5.41, 5.74) is 5.60. The van der Waals surface area contributed by atoms with Crippen LogP contribution in [0.4, 0.5) is 0 Å². The van der Waals surface area contributed by atoms with Crippen molar-refractivity contribution in [3.8, 4) is 22.9 Å². The monoisotopic (exact) mass is 1310 g/mol. The Morgan fingerprint density at radius 3 is 0.750 bits per heavy atom. The number of benzene rings is 16. The maximum atomic E-state index is 18.6. The molecule has 6 unspecified atom stereocenters. The van der Waals surface area contributed by atoms with Gasteiger partial charge in [-0.05, 0) is 353 Å². The lowest BCUT2D eigenvalue weighted by Crippen LogP contribution is -2.41. The standard InChI is InChI=1S/C90H44O8Si2/c1-9-95-81(91)89-83(93)97-21-23(17-19-99(11-3,12-4)13-5)24(18-20-100(14-6,15-7)16-8)22-98-84(94)90(82(92)96-10-2)86-75-64-54-44-34-28-25-26-31-37-33-27(25)29-30(28)36-42-41-35(29)45-43(33)53-47(37)57-49-39(31)40-32(26)38(34)48(54)58-50(40)60-59(49)69-67(57)74-63(53)65-55(45)51(41)61-62-52(42)56(46(36)44)66(64)77(86)72(62)73-71(61)76(65)85(74,89)87(89)78(69)79(70(60)68(58)75)88(86,90)80(73)87/h9-16,21-22H2,1-8H3/b24-23-. The predicted octanol–water partition coefficient (Wildman–Crippen LogP) is 18.7. The summed E-state index contributed by atoms with van der Waals surface area (Å²) < 4.78 is 29.2. The van der Waals surface area contributed by atoms with Crippen molar-refractivity contribution in [2.45, 2.75) is 113 Å². The molecule has 0 radical (unpaired) electrons. The van der Waals surface area contributed by atoms with Crippen molar-refractivity contribution in [2.24, 2.45) is 10.8 Å². The van der Waals surface area contributed by atoms with Crippen LogP contribution in [0.15, 0.2) is 11.1 Å². The van der Waals surface area contributed by atoms with Gasteiger partial charge in [0.05, 0.1) is 46.0 Å². The summed E-state index contributed by atoms with van der Waals surface area (Å²) in [5, 5.41) is 64.3. The fourth-order valence-electron chi connectivity index (χ4n) is 31.9. The summed E-state index contributed by atoms with van der Waals surface area (Å²) in [6, 6.07) is 5.60. The van der Waals surface area contributed by atoms with Gasteiger partial charge in [0.1, 0.15) is 29.4 Å². The Morgan fingerprint density at radius 1 is 0.310 bits per heavy atom. The summed E-state index contributed by atoms with van der Waals surface area (Å²) in [6.07, 6.45) is 0. The van der Waals surface area contributed by atoms with E-state index < -0.39 is 72.5 Å². The van der Waals surface area contributed by atoms with E-state index in [0.717, 1.165) is 113 Å². The Bertz CT molecular complexity index is 8360. The minimum absolute atomic E-state index is 0.0191. The van der Waals surface area contributed by atoms with Crippen molar-refractivity contribution in [3.63, 3.8) is 0 Å². The lowest BCUT2D eigenvalue weighted by Gasteiger charge is -2.35. The van der Waals surface area contributed by atoms with E-state index >= 15 is 19.2 Å². The van der Waals surface area contributed by atoms with E-state index in [1.54, 1.807) is 0 Å². The number of rotatable bonds is 10. The van der Waals surface area contributed by atoms with Crippen LogP contribution in [0.2, 0.25) is 36.3 Å². The Labute approximate surface area is 562 Å². The quantitative estimate of drug-likeness (QED) is 0.0333. The third kappa shape index (κ3) is 2.86. The highest BCUT2D eigenvalue weighted by Crippen LogP contribution is 3.05. The molecule has 10 aliphatic rings. The van der Waals surface area contributed by atoms with E-state index in [0.29, 0.717) is 11.1 Å². The molecule has 0 saturated heterocycles. The highest BCUT2D eigenvalue weighted by Gasteiger charge is 3.11. The van der Waals surface area contributed by atoms with Crippen LogP contribution in [-0.4, -0.2) is 66.5 Å². The first-order chi connectivity index (χ1) is 49.0. The number of carbonyl (C=O) groups is 4. The summed E-state index contributed by atoms with van der Waals surface area (Å²) in [4.78, 5) is 73.2. The van der Waals surface area contributed by atoms with Crippen molar-refractivity contribution in [2.75, 3.05) is 26.4 Å². The Balaban J connectivity index is 0.908. The number of ether oxygens (including phenoxy) is 4. The molecule has 10 heteroatoms. The maximum absolute atomic E-state index is 18.6. The molecule has 9 aliphatic carbocycles. The molecule has 35 rings (SSSR count). The van der Waals surface area contributed by atoms with Crippen LogP contribution in [0.25, 0.3) is 264 Å². The normalized spacial score (nSPS) is 27.7. The molecule has 25 aromatic rings. The molecular formula is C90H44O8Si2. The fraction of sp³-hybridized carbons (Fsp3) is 0.267. The number of cyclic esters (lactones) is 2. The summed E-state index contributed by atoms with van der Waals surface area (Å²) in [5.74, 6) is 5.11. The summed E-state index contributed by atoms with van der Waals surface area (Å²) in [7, 11) is -4.50. The zero-order valence-electron chi connectivity index (χ0n) is 55.3. The molecule has 460 valence electrons. The van der Waals surface area contributed by atoms with Crippen molar-refractivity contribution >= 4 is 304 Å². The van der Waals surface area contributed by atoms with E-state index in [4.69, 9.17) is 18.9 Å². The van der Waals surface area contributed by atoms with Gasteiger partial charge in [-0.2, -0.15) is 0 Å². The zero-order chi connectivity index (χ0) is 64.5. The van der Waals surface area contributed by atoms with E-state index in [9.17, 15) is 0 Å². The molecule has 2 fully saturated rings. The molecule has 2 bridgehead atoms. The Kier molecular flexibility index (Phi) is 5.52. The van der Waals surface area contributed by atoms with Gasteiger partial charge in [-0.15, -0.1) is 11.1 Å². The number of hydrogen-bond acceptors (Lipinski definition) is 8. The fourth-order valence-corrected chi connectivity index (χ4v) is 36.8. The molecule has 4 spiro atoms. The molecule has 1 heterocycles. The molecule has 1 aliphatic heterocycles. The van der Waals surface area contributed by atoms with Crippen LogP contribution < -0.4 is 5.22 Å². The molecule has 100 heavy (non-hydrogen) atoms. The highest BCUT2D eigenvalue weighted by atomic mass is 28.3. The molecule has 0 amide bonds. The molecular weight excluding hydrogens is 1270 g/mol. The van der Waals surface area contributed by atoms with Crippen molar-refractivity contribution < 1.29 is 38.1 Å². The van der Waals surface area contributed by atoms with E-state index in [2.05, 4.69) is 64.5 Å². The van der Waals surface area contributed by atoms with Crippen LogP contribution in [0.1, 0.15) is 88.8 Å². The largest absolute Gasteiger partial charge is 0.465 e. The van der Waals surface area contributed by atoms with Crippen LogP contribution in [0.3, 0.4) is 0 Å². The smallest absolute Gasteiger partial charge is 0.326 e. The van der Waals surface area contributed by atoms with Gasteiger partial charge in [0, 0.05) is 0 Å². The summed E-state index contributed by atoms with van der Waals surface area (Å²) >= 11 is 0. The third-order valence-corrected chi connectivity index (χ3v) is 43.5. The molecule has 0 aromatic heterocycles. The predicted molar refractivity (Wildman–Crippen MR) is 404 cm³/mol. The molecule has 0 N–H and O–H groups in total. The van der Waals surface area contributed by atoms with E-state index in [-0.39, 0.29) is 26.4 Å². The number of carbonyl (C=O) groups excluding carboxylic acids is 4. The second kappa shape index (κ2) is 11.7. The molecule has 2 saturated carbocycles. The van der Waals surface area contributed by atoms with Crippen molar-refractivity contribution in [3.05, 3.63) is 49.7 Å². The average molecular weight is 1310 g/mol. The van der Waals surface area contributed by atoms with Gasteiger partial charge in [0.2, 0.25) is 0 Å². The van der Waals surface area contributed by atoms with Crippen LogP contribution in [-0.2, 0) is 59.8 Å². The van der Waals surface area contributed by atoms with Gasteiger partial charge < -0.3 is 18.9 Å². The van der Waals surface area contributed by atoms with Gasteiger partial charge in [-0.3, -0.25) is 19.2 Å². The van der Waals surface area contributed by atoms with Crippen LogP contribution >= 0.6 is 0 Å². The second-order valence-electron chi connectivity index (χ2n) is 34.2. The molecule has 25 aromatic carbocycles. The van der Waals surface area contributed by atoms with E-state index in [1.165, 1.54) is 226 Å². The molecule has 6 atom stereocenters. The van der Waals surface area contributed by atoms with E-state index in [1.807, 2.05) is 13.8 Å². The van der Waals surface area contributed by atoms with Crippen molar-refractivity contribution in [1.82, 2.24) is 0 Å². The first-order valence-corrected chi connectivity index (χ1v) is 42.8. The minimum Gasteiger partial charge on any atom is -0.465 e. The number of esters is 4. The van der Waals surface area contributed by atoms with Gasteiger partial charge in [-0.1, -0.05) is 53.4 Å². The minimum atomic E-state index is -2.25. The van der Waals surface area contributed by atoms with Gasteiger partial charge in [-0.25, -0.2) is 0 Å². The Morgan fingerprint density at radius 2 is 0.520 bits per heavy atom. The molecule has 8 nitrogen and oxygen atoms in total. The third-order valence-electron chi connectivity index (χ3n) is 34.1. The first kappa shape index (κ1) is 47.0. The SMILES string of the molecule is CCOC(=O)C12C(=O)OC/C(C#C[Si](CC)(CC)CC)=C(/C#C[Si](CC)(CC)CC)COC(=O)C3(C(=O)OCC)C45C6=c7c8c9c%10c%11c%12c%13c%14c(c4c4c%15c%16c%17c%18c(c7c7c8c8c%10c%10c%19c%11c%11c%13c%13c%14c4c4c%15c%14c%17c%15c%17c%18c7c7c8c%10c8c(c%177)c7c%15c%14c%10c4c%13c4c%11c%19c8c7c4%10)C%1635)C61C9%122. The summed E-state index contributed by atoms with van der Waals surface area (Å²) in [6.45, 7) is 16.7. The van der Waals surface area contributed by atoms with Gasteiger partial charge >= 0.3 is 23.9 Å². The van der Waals surface area contributed by atoms with Crippen LogP contribution in [0.5, 0.6) is 0 Å². The van der Waals surface area contributed by atoms with Gasteiger partial charge in [0.15, 0.2) is 10.8 Å². The zero-order valence-corrected chi connectivity index (χ0v) is 57.3. The second-order valence-corrected chi connectivity index (χ2v) is 44.1. The topological polar surface area (TPSA) is 105 Å².